The zero-order valence-electron chi connectivity index (χ0n) is 8.64. The van der Waals surface area contributed by atoms with Crippen molar-refractivity contribution >= 4 is 0 Å². The lowest BCUT2D eigenvalue weighted by Gasteiger charge is -2.19. The molecule has 0 saturated heterocycles. The summed E-state index contributed by atoms with van der Waals surface area (Å²) in [7, 11) is 0. The Morgan fingerprint density at radius 1 is 1.20 bits per heavy atom. The quantitative estimate of drug-likeness (QED) is 0.836. The van der Waals surface area contributed by atoms with Crippen LogP contribution in [0.2, 0.25) is 0 Å². The van der Waals surface area contributed by atoms with Crippen LogP contribution < -0.4 is 0 Å². The second-order valence-corrected chi connectivity index (χ2v) is 3.83. The van der Waals surface area contributed by atoms with Crippen molar-refractivity contribution in [2.45, 2.75) is 25.4 Å². The van der Waals surface area contributed by atoms with Crippen molar-refractivity contribution in [1.29, 1.82) is 0 Å². The maximum absolute atomic E-state index is 10.1. The number of hydrogen-bond donors (Lipinski definition) is 1. The molecule has 3 heteroatoms. The molecule has 0 amide bonds. The molecule has 0 radical (unpaired) electrons. The molecule has 0 bridgehead atoms. The van der Waals surface area contributed by atoms with Crippen LogP contribution in [0.1, 0.15) is 24.9 Å². The molecule has 2 aromatic heterocycles. The summed E-state index contributed by atoms with van der Waals surface area (Å²) in [6.45, 7) is 1.74. The third-order valence-electron chi connectivity index (χ3n) is 2.49. The third-order valence-corrected chi connectivity index (χ3v) is 2.49. The average molecular weight is 206 g/mol. The van der Waals surface area contributed by atoms with Gasteiger partial charge in [-0.2, -0.15) is 0 Å². The molecule has 80 valence electrons. The highest BCUT2D eigenvalue weighted by Gasteiger charge is 2.25. The van der Waals surface area contributed by atoms with Gasteiger partial charge in [-0.05, 0) is 37.6 Å². The highest BCUT2D eigenvalue weighted by Crippen LogP contribution is 2.26. The van der Waals surface area contributed by atoms with Crippen LogP contribution in [0.4, 0.5) is 0 Å². The van der Waals surface area contributed by atoms with Crippen LogP contribution in [0.5, 0.6) is 0 Å². The molecule has 2 heterocycles. The van der Waals surface area contributed by atoms with Crippen LogP contribution in [0.15, 0.2) is 45.6 Å². The first-order valence-electron chi connectivity index (χ1n) is 4.97. The van der Waals surface area contributed by atoms with Crippen molar-refractivity contribution in [3.63, 3.8) is 0 Å². The Labute approximate surface area is 88.3 Å². The third kappa shape index (κ3) is 2.30. The van der Waals surface area contributed by atoms with Crippen LogP contribution in [0, 0.1) is 0 Å². The van der Waals surface area contributed by atoms with E-state index in [1.807, 2.05) is 12.1 Å². The first kappa shape index (κ1) is 10.1. The van der Waals surface area contributed by atoms with Gasteiger partial charge in [0.2, 0.25) is 0 Å². The lowest BCUT2D eigenvalue weighted by molar-refractivity contribution is 0.0243. The Hall–Kier alpha value is -1.48. The van der Waals surface area contributed by atoms with Crippen molar-refractivity contribution in [3.8, 4) is 0 Å². The molecule has 0 spiro atoms. The summed E-state index contributed by atoms with van der Waals surface area (Å²) < 4.78 is 10.4. The molecular weight excluding hydrogens is 192 g/mol. The summed E-state index contributed by atoms with van der Waals surface area (Å²) in [5.74, 6) is 1.47. The molecule has 0 aromatic carbocycles. The maximum atomic E-state index is 10.1. The Balaban J connectivity index is 1.99. The zero-order valence-corrected chi connectivity index (χ0v) is 8.64. The lowest BCUT2D eigenvalue weighted by Crippen LogP contribution is -2.21. The van der Waals surface area contributed by atoms with E-state index >= 15 is 0 Å². The first-order chi connectivity index (χ1) is 7.18. The van der Waals surface area contributed by atoms with Crippen LogP contribution in [-0.4, -0.2) is 5.11 Å². The van der Waals surface area contributed by atoms with E-state index in [1.165, 1.54) is 0 Å². The zero-order chi connectivity index (χ0) is 10.7. The SMILES string of the molecule is CC(O)(CCc1ccco1)c1ccco1. The van der Waals surface area contributed by atoms with Crippen LogP contribution in [0.25, 0.3) is 0 Å². The van der Waals surface area contributed by atoms with Crippen molar-refractivity contribution in [1.82, 2.24) is 0 Å². The van der Waals surface area contributed by atoms with Gasteiger partial charge < -0.3 is 13.9 Å². The molecule has 3 nitrogen and oxygen atoms in total. The predicted molar refractivity (Wildman–Crippen MR) is 55.3 cm³/mol. The van der Waals surface area contributed by atoms with Crippen molar-refractivity contribution < 1.29 is 13.9 Å². The fraction of sp³-hybridized carbons (Fsp3) is 0.333. The second kappa shape index (κ2) is 3.95. The minimum Gasteiger partial charge on any atom is -0.469 e. The van der Waals surface area contributed by atoms with Crippen LogP contribution in [-0.2, 0) is 12.0 Å². The van der Waals surface area contributed by atoms with Gasteiger partial charge in [-0.3, -0.25) is 0 Å². The van der Waals surface area contributed by atoms with E-state index in [2.05, 4.69) is 0 Å². The molecule has 0 aliphatic rings. The first-order valence-corrected chi connectivity index (χ1v) is 4.97. The summed E-state index contributed by atoms with van der Waals surface area (Å²) in [5, 5.41) is 10.1. The van der Waals surface area contributed by atoms with Gasteiger partial charge in [0.05, 0.1) is 12.5 Å². The van der Waals surface area contributed by atoms with Crippen molar-refractivity contribution in [2.24, 2.45) is 0 Å². The van der Waals surface area contributed by atoms with E-state index in [-0.39, 0.29) is 0 Å². The molecule has 1 unspecified atom stereocenters. The number of furan rings is 2. The topological polar surface area (TPSA) is 46.5 Å². The predicted octanol–water partition coefficient (Wildman–Crippen LogP) is 2.71. The fourth-order valence-electron chi connectivity index (χ4n) is 1.53. The van der Waals surface area contributed by atoms with E-state index in [4.69, 9.17) is 8.83 Å². The van der Waals surface area contributed by atoms with Crippen molar-refractivity contribution in [3.05, 3.63) is 48.3 Å². The highest BCUT2D eigenvalue weighted by atomic mass is 16.4. The Kier molecular flexibility index (Phi) is 2.64. The Morgan fingerprint density at radius 3 is 2.53 bits per heavy atom. The Bertz CT molecular complexity index is 384. The van der Waals surface area contributed by atoms with Gasteiger partial charge in [0, 0.05) is 6.42 Å². The standard InChI is InChI=1S/C12H14O3/c1-12(13,11-5-3-9-15-11)7-6-10-4-2-8-14-10/h2-5,8-9,13H,6-7H2,1H3. The number of aliphatic hydroxyl groups is 1. The maximum Gasteiger partial charge on any atom is 0.135 e. The summed E-state index contributed by atoms with van der Waals surface area (Å²) in [6, 6.07) is 7.30. The molecular formula is C12H14O3. The van der Waals surface area contributed by atoms with Gasteiger partial charge in [0.15, 0.2) is 0 Å². The van der Waals surface area contributed by atoms with Gasteiger partial charge in [-0.1, -0.05) is 0 Å². The van der Waals surface area contributed by atoms with E-state index in [1.54, 1.807) is 31.6 Å². The summed E-state index contributed by atoms with van der Waals surface area (Å²) >= 11 is 0. The van der Waals surface area contributed by atoms with Gasteiger partial charge in [-0.15, -0.1) is 0 Å². The monoisotopic (exact) mass is 206 g/mol. The minimum absolute atomic E-state index is 0.577. The molecule has 2 rings (SSSR count). The summed E-state index contributed by atoms with van der Waals surface area (Å²) in [5.41, 5.74) is -0.934. The lowest BCUT2D eigenvalue weighted by atomic mass is 9.96. The smallest absolute Gasteiger partial charge is 0.135 e. The number of rotatable bonds is 4. The molecule has 0 saturated carbocycles. The molecule has 0 fully saturated rings. The molecule has 0 aliphatic heterocycles. The number of hydrogen-bond acceptors (Lipinski definition) is 3. The van der Waals surface area contributed by atoms with Gasteiger partial charge >= 0.3 is 0 Å². The molecule has 0 aliphatic carbocycles. The normalized spacial score (nSPS) is 15.1. The van der Waals surface area contributed by atoms with E-state index in [9.17, 15) is 5.11 Å². The highest BCUT2D eigenvalue weighted by molar-refractivity contribution is 5.09. The minimum atomic E-state index is -0.934. The summed E-state index contributed by atoms with van der Waals surface area (Å²) in [4.78, 5) is 0. The second-order valence-electron chi connectivity index (χ2n) is 3.83. The van der Waals surface area contributed by atoms with Crippen LogP contribution >= 0.6 is 0 Å². The van der Waals surface area contributed by atoms with Gasteiger partial charge in [0.1, 0.15) is 17.1 Å². The molecule has 1 N–H and O–H groups in total. The van der Waals surface area contributed by atoms with E-state index in [0.29, 0.717) is 18.6 Å². The fourth-order valence-corrected chi connectivity index (χ4v) is 1.53. The number of aryl methyl sites for hydroxylation is 1. The van der Waals surface area contributed by atoms with Gasteiger partial charge in [-0.25, -0.2) is 0 Å². The summed E-state index contributed by atoms with van der Waals surface area (Å²) in [6.07, 6.45) is 4.47. The molecule has 15 heavy (non-hydrogen) atoms. The van der Waals surface area contributed by atoms with Gasteiger partial charge in [0.25, 0.3) is 0 Å². The van der Waals surface area contributed by atoms with E-state index < -0.39 is 5.60 Å². The molecule has 1 atom stereocenters. The van der Waals surface area contributed by atoms with Crippen LogP contribution in [0.3, 0.4) is 0 Å². The molecule has 2 aromatic rings. The average Bonchev–Trinajstić information content (AvgIpc) is 2.88. The van der Waals surface area contributed by atoms with Crippen molar-refractivity contribution in [2.75, 3.05) is 0 Å². The largest absolute Gasteiger partial charge is 0.469 e. The Morgan fingerprint density at radius 2 is 1.93 bits per heavy atom. The van der Waals surface area contributed by atoms with E-state index in [0.717, 1.165) is 5.76 Å².